The van der Waals surface area contributed by atoms with Gasteiger partial charge in [0.1, 0.15) is 13.2 Å². The van der Waals surface area contributed by atoms with Crippen molar-refractivity contribution in [3.05, 3.63) is 0 Å². The van der Waals surface area contributed by atoms with Gasteiger partial charge in [-0.1, -0.05) is 77.6 Å². The fourth-order valence-corrected chi connectivity index (χ4v) is 3.78. The van der Waals surface area contributed by atoms with Crippen LogP contribution in [-0.4, -0.2) is 62.0 Å². The van der Waals surface area contributed by atoms with Gasteiger partial charge in [0.15, 0.2) is 0 Å². The third-order valence-corrected chi connectivity index (χ3v) is 5.95. The van der Waals surface area contributed by atoms with Crippen LogP contribution in [0.2, 0.25) is 0 Å². The Morgan fingerprint density at radius 1 is 0.857 bits per heavy atom. The van der Waals surface area contributed by atoms with Crippen molar-refractivity contribution in [3.63, 3.8) is 0 Å². The van der Waals surface area contributed by atoms with Gasteiger partial charge in [-0.05, 0) is 6.42 Å². The van der Waals surface area contributed by atoms with Gasteiger partial charge in [-0.25, -0.2) is 4.57 Å². The summed E-state index contributed by atoms with van der Waals surface area (Å²) in [5, 5.41) is 9.47. The third kappa shape index (κ3) is 19.4. The Balaban J connectivity index is 3.68. The van der Waals surface area contributed by atoms with Gasteiger partial charge in [0.2, 0.25) is 0 Å². The molecule has 170 valence electrons. The Kier molecular flexibility index (Phi) is 16.8. The first kappa shape index (κ1) is 28.0. The maximum Gasteiger partial charge on any atom is 0.472 e. The molecule has 2 atom stereocenters. The van der Waals surface area contributed by atoms with E-state index in [0.717, 1.165) is 19.3 Å². The summed E-state index contributed by atoms with van der Waals surface area (Å²) >= 11 is 0. The van der Waals surface area contributed by atoms with Crippen LogP contribution in [0.5, 0.6) is 0 Å². The summed E-state index contributed by atoms with van der Waals surface area (Å²) in [7, 11) is 1.93. The molecule has 6 nitrogen and oxygen atoms in total. The van der Waals surface area contributed by atoms with Crippen molar-refractivity contribution >= 4 is 7.82 Å². The van der Waals surface area contributed by atoms with Crippen LogP contribution in [-0.2, 0) is 13.6 Å². The van der Waals surface area contributed by atoms with E-state index < -0.39 is 7.82 Å². The zero-order valence-electron chi connectivity index (χ0n) is 18.9. The molecule has 0 saturated heterocycles. The van der Waals surface area contributed by atoms with E-state index in [-0.39, 0.29) is 25.7 Å². The second-order valence-electron chi connectivity index (χ2n) is 8.98. The zero-order valence-corrected chi connectivity index (χ0v) is 19.8. The lowest BCUT2D eigenvalue weighted by Gasteiger charge is -2.24. The van der Waals surface area contributed by atoms with Crippen LogP contribution in [0, 0.1) is 5.92 Å². The molecule has 0 aromatic rings. The van der Waals surface area contributed by atoms with E-state index in [0.29, 0.717) is 11.0 Å². The molecule has 0 radical (unpaired) electrons. The highest BCUT2D eigenvalue weighted by Crippen LogP contribution is 2.43. The van der Waals surface area contributed by atoms with E-state index >= 15 is 0 Å². The van der Waals surface area contributed by atoms with Crippen molar-refractivity contribution in [2.45, 2.75) is 84.0 Å². The monoisotopic (exact) mass is 424 g/mol. The van der Waals surface area contributed by atoms with Gasteiger partial charge in [-0.3, -0.25) is 9.05 Å². The minimum absolute atomic E-state index is 0.0311. The van der Waals surface area contributed by atoms with Crippen molar-refractivity contribution < 1.29 is 28.1 Å². The molecule has 0 spiro atoms. The van der Waals surface area contributed by atoms with Crippen LogP contribution in [0.4, 0.5) is 0 Å². The molecule has 0 aliphatic carbocycles. The normalized spacial score (nSPS) is 15.5. The summed E-state index contributed by atoms with van der Waals surface area (Å²) in [6, 6.07) is 0. The highest BCUT2D eigenvalue weighted by molar-refractivity contribution is 7.47. The Bertz CT molecular complexity index is 401. The van der Waals surface area contributed by atoms with E-state index in [9.17, 15) is 14.6 Å². The number of likely N-dealkylation sites (N-methyl/N-ethyl adjacent to an activating group) is 1. The van der Waals surface area contributed by atoms with Crippen LogP contribution >= 0.6 is 7.82 Å². The number of rotatable bonds is 20. The van der Waals surface area contributed by atoms with E-state index in [1.54, 1.807) is 0 Å². The molecule has 0 bridgehead atoms. The number of aliphatic hydroxyl groups excluding tert-OH is 1. The lowest BCUT2D eigenvalue weighted by Crippen LogP contribution is -2.37. The third-order valence-electron chi connectivity index (χ3n) is 4.96. The highest BCUT2D eigenvalue weighted by atomic mass is 31.2. The quantitative estimate of drug-likeness (QED) is 0.161. The summed E-state index contributed by atoms with van der Waals surface area (Å²) in [5.41, 5.74) is 0. The van der Waals surface area contributed by atoms with E-state index in [4.69, 9.17) is 9.05 Å². The van der Waals surface area contributed by atoms with Gasteiger partial charge in [-0.15, -0.1) is 0 Å². The Morgan fingerprint density at radius 2 is 1.36 bits per heavy atom. The topological polar surface area (TPSA) is 76.0 Å². The highest BCUT2D eigenvalue weighted by Gasteiger charge is 2.24. The minimum atomic E-state index is -4.03. The van der Waals surface area contributed by atoms with Crippen molar-refractivity contribution in [1.82, 2.24) is 0 Å². The molecular weight excluding hydrogens is 377 g/mol. The van der Waals surface area contributed by atoms with Crippen molar-refractivity contribution in [2.75, 3.05) is 47.5 Å². The minimum Gasteiger partial charge on any atom is -0.396 e. The second kappa shape index (κ2) is 16.8. The molecule has 0 heterocycles. The van der Waals surface area contributed by atoms with Gasteiger partial charge in [0, 0.05) is 12.5 Å². The SMILES string of the molecule is CCCCCCCCCCCCCC(CO)COP(=O)(O)OCC[N+](C)(C)C. The van der Waals surface area contributed by atoms with Gasteiger partial charge >= 0.3 is 7.82 Å². The standard InChI is InChI=1S/C21H46NO5P/c1-5-6-7-8-9-10-11-12-13-14-15-16-21(19-23)20-27-28(24,25)26-18-17-22(2,3)4/h21,23H,5-20H2,1-4H3/p+1. The molecule has 0 aromatic heterocycles. The summed E-state index contributed by atoms with van der Waals surface area (Å²) < 4.78 is 22.6. The van der Waals surface area contributed by atoms with Crippen LogP contribution < -0.4 is 0 Å². The van der Waals surface area contributed by atoms with Crippen LogP contribution in [0.1, 0.15) is 84.0 Å². The molecule has 7 heteroatoms. The van der Waals surface area contributed by atoms with Crippen LogP contribution in [0.25, 0.3) is 0 Å². The lowest BCUT2D eigenvalue weighted by atomic mass is 10.0. The number of quaternary nitrogens is 1. The first-order valence-electron chi connectivity index (χ1n) is 11.2. The smallest absolute Gasteiger partial charge is 0.396 e. The molecule has 2 N–H and O–H groups in total. The number of phosphoric ester groups is 1. The first-order valence-corrected chi connectivity index (χ1v) is 12.7. The predicted octanol–water partition coefficient (Wildman–Crippen LogP) is 5.14. The molecule has 0 amide bonds. The zero-order chi connectivity index (χ0) is 21.3. The average molecular weight is 425 g/mol. The van der Waals surface area contributed by atoms with Crippen LogP contribution in [0.3, 0.4) is 0 Å². The fourth-order valence-electron chi connectivity index (χ4n) is 2.99. The molecule has 0 aliphatic heterocycles. The van der Waals surface area contributed by atoms with E-state index in [2.05, 4.69) is 6.92 Å². The fraction of sp³-hybridized carbons (Fsp3) is 1.00. The maximum absolute atomic E-state index is 11.9. The van der Waals surface area contributed by atoms with Crippen molar-refractivity contribution in [1.29, 1.82) is 0 Å². The summed E-state index contributed by atoms with van der Waals surface area (Å²) in [6.07, 6.45) is 14.9. The predicted molar refractivity (Wildman–Crippen MR) is 116 cm³/mol. The number of nitrogens with zero attached hydrogens (tertiary/aromatic N) is 1. The number of unbranched alkanes of at least 4 members (excludes halogenated alkanes) is 10. The molecule has 0 rings (SSSR count). The number of hydrogen-bond donors (Lipinski definition) is 2. The Labute approximate surface area is 173 Å². The summed E-state index contributed by atoms with van der Waals surface area (Å²) in [6.45, 7) is 3.07. The summed E-state index contributed by atoms with van der Waals surface area (Å²) in [5.74, 6) is -0.110. The van der Waals surface area contributed by atoms with Crippen molar-refractivity contribution in [3.8, 4) is 0 Å². The Morgan fingerprint density at radius 3 is 1.82 bits per heavy atom. The average Bonchev–Trinajstić information content (AvgIpc) is 2.60. The molecule has 0 saturated carbocycles. The van der Waals surface area contributed by atoms with E-state index in [1.807, 2.05) is 21.1 Å². The molecule has 0 aliphatic rings. The molecule has 0 aromatic carbocycles. The molecule has 0 fully saturated rings. The summed E-state index contributed by atoms with van der Waals surface area (Å²) in [4.78, 5) is 9.74. The number of hydrogen-bond acceptors (Lipinski definition) is 4. The number of aliphatic hydroxyl groups is 1. The Hall–Kier alpha value is 0.0300. The van der Waals surface area contributed by atoms with Gasteiger partial charge in [0.05, 0.1) is 27.7 Å². The first-order chi connectivity index (χ1) is 13.2. The molecular formula is C21H47NO5P+. The lowest BCUT2D eigenvalue weighted by molar-refractivity contribution is -0.870. The molecule has 2 unspecified atom stereocenters. The second-order valence-corrected chi connectivity index (χ2v) is 10.4. The maximum atomic E-state index is 11.9. The largest absolute Gasteiger partial charge is 0.472 e. The van der Waals surface area contributed by atoms with Crippen LogP contribution in [0.15, 0.2) is 0 Å². The number of phosphoric acid groups is 1. The van der Waals surface area contributed by atoms with Gasteiger partial charge < -0.3 is 14.5 Å². The molecule has 28 heavy (non-hydrogen) atoms. The van der Waals surface area contributed by atoms with Gasteiger partial charge in [-0.2, -0.15) is 0 Å². The van der Waals surface area contributed by atoms with Crippen molar-refractivity contribution in [2.24, 2.45) is 5.92 Å². The van der Waals surface area contributed by atoms with Gasteiger partial charge in [0.25, 0.3) is 0 Å². The van der Waals surface area contributed by atoms with E-state index in [1.165, 1.54) is 57.8 Å².